The van der Waals surface area contributed by atoms with E-state index in [-0.39, 0.29) is 11.9 Å². The Morgan fingerprint density at radius 2 is 2.12 bits per heavy atom. The summed E-state index contributed by atoms with van der Waals surface area (Å²) in [5, 5.41) is 0. The number of rotatable bonds is 4. The molecule has 1 rings (SSSR count). The Morgan fingerprint density at radius 1 is 1.50 bits per heavy atom. The molecule has 1 heterocycles. The molecule has 1 unspecified atom stereocenters. The van der Waals surface area contributed by atoms with E-state index in [1.54, 1.807) is 0 Å². The zero-order valence-electron chi connectivity index (χ0n) is 9.59. The van der Waals surface area contributed by atoms with Gasteiger partial charge in [-0.2, -0.15) is 0 Å². The standard InChI is InChI=1S/C11H15Br2NOS/c1-4-7(3)14(5-2)11(15)9-6-8(12)10(13)16-9/h6-7H,4-5H2,1-3H3. The highest BCUT2D eigenvalue weighted by atomic mass is 79.9. The average molecular weight is 369 g/mol. The Labute approximate surface area is 117 Å². The van der Waals surface area contributed by atoms with Gasteiger partial charge in [0.05, 0.1) is 8.66 Å². The molecule has 0 N–H and O–H groups in total. The fourth-order valence-electron chi connectivity index (χ4n) is 1.47. The second-order valence-electron chi connectivity index (χ2n) is 3.58. The van der Waals surface area contributed by atoms with E-state index in [2.05, 4.69) is 45.7 Å². The molecule has 0 radical (unpaired) electrons. The molecule has 5 heteroatoms. The highest BCUT2D eigenvalue weighted by Crippen LogP contribution is 2.33. The zero-order chi connectivity index (χ0) is 12.3. The van der Waals surface area contributed by atoms with Crippen molar-refractivity contribution in [3.05, 3.63) is 19.2 Å². The van der Waals surface area contributed by atoms with E-state index in [1.807, 2.05) is 17.9 Å². The molecule has 1 atom stereocenters. The summed E-state index contributed by atoms with van der Waals surface area (Å²) in [6.45, 7) is 6.95. The van der Waals surface area contributed by atoms with Gasteiger partial charge in [-0.1, -0.05) is 6.92 Å². The molecule has 16 heavy (non-hydrogen) atoms. The summed E-state index contributed by atoms with van der Waals surface area (Å²) in [7, 11) is 0. The number of hydrogen-bond acceptors (Lipinski definition) is 2. The third-order valence-corrected chi connectivity index (χ3v) is 5.82. The summed E-state index contributed by atoms with van der Waals surface area (Å²) in [6.07, 6.45) is 0.979. The smallest absolute Gasteiger partial charge is 0.264 e. The van der Waals surface area contributed by atoms with Gasteiger partial charge >= 0.3 is 0 Å². The van der Waals surface area contributed by atoms with Crippen LogP contribution in [0.15, 0.2) is 14.3 Å². The van der Waals surface area contributed by atoms with Gasteiger partial charge in [-0.15, -0.1) is 11.3 Å². The largest absolute Gasteiger partial charge is 0.336 e. The van der Waals surface area contributed by atoms with Crippen LogP contribution in [0.3, 0.4) is 0 Å². The van der Waals surface area contributed by atoms with E-state index in [4.69, 9.17) is 0 Å². The van der Waals surface area contributed by atoms with E-state index in [0.717, 1.165) is 26.1 Å². The minimum atomic E-state index is 0.119. The summed E-state index contributed by atoms with van der Waals surface area (Å²) < 4.78 is 1.91. The lowest BCUT2D eigenvalue weighted by molar-refractivity contribution is 0.0705. The number of carbonyl (C=O) groups is 1. The molecule has 0 aliphatic rings. The first-order valence-corrected chi connectivity index (χ1v) is 7.67. The maximum Gasteiger partial charge on any atom is 0.264 e. The monoisotopic (exact) mass is 367 g/mol. The predicted octanol–water partition coefficient (Wildman–Crippen LogP) is 4.53. The van der Waals surface area contributed by atoms with Crippen molar-refractivity contribution in [2.24, 2.45) is 0 Å². The normalized spacial score (nSPS) is 12.6. The molecule has 1 amide bonds. The Balaban J connectivity index is 2.91. The van der Waals surface area contributed by atoms with E-state index in [9.17, 15) is 4.79 Å². The van der Waals surface area contributed by atoms with Crippen molar-refractivity contribution in [3.63, 3.8) is 0 Å². The minimum absolute atomic E-state index is 0.119. The third-order valence-electron chi connectivity index (χ3n) is 2.58. The lowest BCUT2D eigenvalue weighted by Gasteiger charge is -2.26. The van der Waals surface area contributed by atoms with Gasteiger partial charge in [0.1, 0.15) is 0 Å². The highest BCUT2D eigenvalue weighted by Gasteiger charge is 2.21. The molecular formula is C11H15Br2NOS. The first-order chi connectivity index (χ1) is 7.51. The molecule has 0 fully saturated rings. The number of carbonyl (C=O) groups excluding carboxylic acids is 1. The van der Waals surface area contributed by atoms with E-state index in [1.165, 1.54) is 11.3 Å². The van der Waals surface area contributed by atoms with Gasteiger partial charge in [-0.3, -0.25) is 4.79 Å². The van der Waals surface area contributed by atoms with Gasteiger partial charge < -0.3 is 4.90 Å². The Bertz CT molecular complexity index is 359. The Morgan fingerprint density at radius 3 is 2.50 bits per heavy atom. The van der Waals surface area contributed by atoms with Crippen LogP contribution in [-0.4, -0.2) is 23.4 Å². The van der Waals surface area contributed by atoms with E-state index >= 15 is 0 Å². The molecule has 0 bridgehead atoms. The van der Waals surface area contributed by atoms with Crippen molar-refractivity contribution < 1.29 is 4.79 Å². The lowest BCUT2D eigenvalue weighted by atomic mass is 10.2. The lowest BCUT2D eigenvalue weighted by Crippen LogP contribution is -2.37. The summed E-state index contributed by atoms with van der Waals surface area (Å²) in [5.74, 6) is 0.119. The molecule has 0 aromatic carbocycles. The second kappa shape index (κ2) is 6.17. The van der Waals surface area contributed by atoms with Crippen LogP contribution in [0, 0.1) is 0 Å². The summed E-state index contributed by atoms with van der Waals surface area (Å²) in [5.41, 5.74) is 0. The fourth-order valence-corrected chi connectivity index (χ4v) is 3.46. The molecule has 0 saturated carbocycles. The first kappa shape index (κ1) is 14.2. The van der Waals surface area contributed by atoms with Crippen LogP contribution in [0.2, 0.25) is 0 Å². The third kappa shape index (κ3) is 3.08. The fraction of sp³-hybridized carbons (Fsp3) is 0.545. The van der Waals surface area contributed by atoms with Crippen molar-refractivity contribution >= 4 is 49.1 Å². The Hall–Kier alpha value is 0.130. The molecule has 0 aliphatic heterocycles. The number of halogens is 2. The van der Waals surface area contributed by atoms with Gasteiger partial charge in [-0.25, -0.2) is 0 Å². The minimum Gasteiger partial charge on any atom is -0.336 e. The van der Waals surface area contributed by atoms with Crippen molar-refractivity contribution in [3.8, 4) is 0 Å². The van der Waals surface area contributed by atoms with Gasteiger partial charge in [-0.05, 0) is 58.2 Å². The summed E-state index contributed by atoms with van der Waals surface area (Å²) in [6, 6.07) is 2.17. The number of amides is 1. The summed E-state index contributed by atoms with van der Waals surface area (Å²) >= 11 is 8.29. The summed E-state index contributed by atoms with van der Waals surface area (Å²) in [4.78, 5) is 14.9. The van der Waals surface area contributed by atoms with Crippen LogP contribution in [0.1, 0.15) is 36.9 Å². The number of nitrogens with zero attached hydrogens (tertiary/aromatic N) is 1. The van der Waals surface area contributed by atoms with Crippen molar-refractivity contribution in [1.29, 1.82) is 0 Å². The molecular weight excluding hydrogens is 354 g/mol. The highest BCUT2D eigenvalue weighted by molar-refractivity contribution is 9.13. The first-order valence-electron chi connectivity index (χ1n) is 5.27. The predicted molar refractivity (Wildman–Crippen MR) is 76.2 cm³/mol. The molecule has 1 aromatic rings. The van der Waals surface area contributed by atoms with Gasteiger partial charge in [0.25, 0.3) is 5.91 Å². The van der Waals surface area contributed by atoms with E-state index < -0.39 is 0 Å². The van der Waals surface area contributed by atoms with Crippen LogP contribution < -0.4 is 0 Å². The Kier molecular flexibility index (Phi) is 5.47. The maximum absolute atomic E-state index is 12.2. The molecule has 0 saturated heterocycles. The van der Waals surface area contributed by atoms with Crippen molar-refractivity contribution in [2.75, 3.05) is 6.54 Å². The number of hydrogen-bond donors (Lipinski definition) is 0. The van der Waals surface area contributed by atoms with Crippen molar-refractivity contribution in [2.45, 2.75) is 33.2 Å². The van der Waals surface area contributed by atoms with Crippen LogP contribution in [0.5, 0.6) is 0 Å². The van der Waals surface area contributed by atoms with E-state index in [0.29, 0.717) is 0 Å². The van der Waals surface area contributed by atoms with Crippen LogP contribution in [0.25, 0.3) is 0 Å². The van der Waals surface area contributed by atoms with Crippen LogP contribution in [-0.2, 0) is 0 Å². The quantitative estimate of drug-likeness (QED) is 0.764. The van der Waals surface area contributed by atoms with Crippen molar-refractivity contribution in [1.82, 2.24) is 4.90 Å². The topological polar surface area (TPSA) is 20.3 Å². The van der Waals surface area contributed by atoms with Gasteiger partial charge in [0, 0.05) is 17.1 Å². The van der Waals surface area contributed by atoms with Gasteiger partial charge in [0.15, 0.2) is 0 Å². The SMILES string of the molecule is CCC(C)N(CC)C(=O)c1cc(Br)c(Br)s1. The molecule has 90 valence electrons. The molecule has 1 aromatic heterocycles. The van der Waals surface area contributed by atoms with Gasteiger partial charge in [0.2, 0.25) is 0 Å². The second-order valence-corrected chi connectivity index (χ2v) is 6.81. The van der Waals surface area contributed by atoms with Crippen LogP contribution in [0.4, 0.5) is 0 Å². The maximum atomic E-state index is 12.2. The van der Waals surface area contributed by atoms with Crippen LogP contribution >= 0.6 is 43.2 Å². The number of thiophene rings is 1. The zero-order valence-corrected chi connectivity index (χ0v) is 13.6. The average Bonchev–Trinajstić information content (AvgIpc) is 2.59. The molecule has 0 aliphatic carbocycles. The molecule has 2 nitrogen and oxygen atoms in total. The molecule has 0 spiro atoms.